The lowest BCUT2D eigenvalue weighted by Crippen LogP contribution is -2.38. The Bertz CT molecular complexity index is 1050. The summed E-state index contributed by atoms with van der Waals surface area (Å²) in [6, 6.07) is 15.9. The van der Waals surface area contributed by atoms with Crippen LogP contribution in [0.4, 0.5) is 5.95 Å². The number of rotatable bonds is 9. The molecule has 0 N–H and O–H groups in total. The zero-order valence-corrected chi connectivity index (χ0v) is 19.3. The summed E-state index contributed by atoms with van der Waals surface area (Å²) >= 11 is 1.60. The van der Waals surface area contributed by atoms with Crippen molar-refractivity contribution in [1.29, 1.82) is 0 Å². The number of aromatic nitrogens is 3. The maximum absolute atomic E-state index is 11.9. The number of morpholine rings is 1. The average molecular weight is 453 g/mol. The summed E-state index contributed by atoms with van der Waals surface area (Å²) in [4.78, 5) is 14.1. The number of hydrogen-bond acceptors (Lipinski definition) is 7. The van der Waals surface area contributed by atoms with Gasteiger partial charge in [-0.3, -0.25) is 9.36 Å². The summed E-state index contributed by atoms with van der Waals surface area (Å²) in [6.45, 7) is 7.78. The Balaban J connectivity index is 1.61. The van der Waals surface area contributed by atoms with E-state index in [2.05, 4.69) is 31.8 Å². The molecule has 168 valence electrons. The van der Waals surface area contributed by atoms with Crippen LogP contribution in [0.15, 0.2) is 53.7 Å². The van der Waals surface area contributed by atoms with Gasteiger partial charge in [-0.05, 0) is 37.6 Å². The number of hydrogen-bond donors (Lipinski definition) is 0. The van der Waals surface area contributed by atoms with Crippen LogP contribution in [-0.2, 0) is 17.0 Å². The summed E-state index contributed by atoms with van der Waals surface area (Å²) in [5, 5.41) is 9.89. The molecule has 0 aliphatic carbocycles. The van der Waals surface area contributed by atoms with Crippen LogP contribution in [0.1, 0.15) is 35.3 Å². The van der Waals surface area contributed by atoms with E-state index in [0.29, 0.717) is 37.7 Å². The molecular formula is C24H28N4O3S. The molecule has 8 heteroatoms. The van der Waals surface area contributed by atoms with Gasteiger partial charge >= 0.3 is 0 Å². The molecule has 1 aromatic heterocycles. The summed E-state index contributed by atoms with van der Waals surface area (Å²) < 4.78 is 13.5. The second-order valence-corrected chi connectivity index (χ2v) is 8.50. The van der Waals surface area contributed by atoms with Gasteiger partial charge in [-0.15, -0.1) is 10.2 Å². The highest BCUT2D eigenvalue weighted by molar-refractivity contribution is 7.98. The number of benzene rings is 2. The molecule has 1 aliphatic heterocycles. The third-order valence-corrected chi connectivity index (χ3v) is 6.31. The van der Waals surface area contributed by atoms with Gasteiger partial charge in [0.1, 0.15) is 5.75 Å². The van der Waals surface area contributed by atoms with Crippen LogP contribution in [0, 0.1) is 0 Å². The number of thioether (sulfide) groups is 1. The second-order valence-electron chi connectivity index (χ2n) is 7.55. The molecule has 0 unspecified atom stereocenters. The van der Waals surface area contributed by atoms with Gasteiger partial charge in [0.2, 0.25) is 5.95 Å². The molecule has 32 heavy (non-hydrogen) atoms. The van der Waals surface area contributed by atoms with E-state index in [-0.39, 0.29) is 5.78 Å². The minimum Gasteiger partial charge on any atom is -0.494 e. The molecule has 1 aliphatic rings. The molecule has 0 spiro atoms. The standard InChI is InChI=1S/C24H28N4O3S/c1-3-31-22-10-9-20(18(2)29)15-21(22)17-32-24-26-25-23(27-11-13-30-14-12-27)28(24)16-19-7-5-4-6-8-19/h4-10,15H,3,11-14,16-17H2,1-2H3. The van der Waals surface area contributed by atoms with Gasteiger partial charge in [0.05, 0.1) is 26.4 Å². The molecule has 1 saturated heterocycles. The Kier molecular flexibility index (Phi) is 7.44. The molecule has 0 saturated carbocycles. The van der Waals surface area contributed by atoms with E-state index in [0.717, 1.165) is 35.5 Å². The summed E-state index contributed by atoms with van der Waals surface area (Å²) in [5.41, 5.74) is 2.85. The molecule has 1 fully saturated rings. The number of ketones is 1. The van der Waals surface area contributed by atoms with Gasteiger partial charge in [-0.1, -0.05) is 42.1 Å². The molecular weight excluding hydrogens is 424 g/mol. The third kappa shape index (κ3) is 5.31. The van der Waals surface area contributed by atoms with Crippen molar-refractivity contribution in [2.75, 3.05) is 37.8 Å². The molecule has 2 heterocycles. The van der Waals surface area contributed by atoms with Crippen molar-refractivity contribution in [3.63, 3.8) is 0 Å². The smallest absolute Gasteiger partial charge is 0.228 e. The predicted molar refractivity (Wildman–Crippen MR) is 126 cm³/mol. The number of carbonyl (C=O) groups is 1. The lowest BCUT2D eigenvalue weighted by Gasteiger charge is -2.28. The number of ether oxygens (including phenoxy) is 2. The molecule has 2 aromatic carbocycles. The highest BCUT2D eigenvalue weighted by Gasteiger charge is 2.21. The highest BCUT2D eigenvalue weighted by atomic mass is 32.2. The Morgan fingerprint density at radius 3 is 2.62 bits per heavy atom. The van der Waals surface area contributed by atoms with Crippen molar-refractivity contribution < 1.29 is 14.3 Å². The third-order valence-electron chi connectivity index (χ3n) is 5.30. The molecule has 0 atom stereocenters. The van der Waals surface area contributed by atoms with Crippen LogP contribution in [0.5, 0.6) is 5.75 Å². The van der Waals surface area contributed by atoms with Gasteiger partial charge < -0.3 is 14.4 Å². The maximum atomic E-state index is 11.9. The van der Waals surface area contributed by atoms with Crippen molar-refractivity contribution in [3.05, 3.63) is 65.2 Å². The number of carbonyl (C=O) groups excluding carboxylic acids is 1. The van der Waals surface area contributed by atoms with Crippen molar-refractivity contribution in [1.82, 2.24) is 14.8 Å². The molecule has 3 aromatic rings. The lowest BCUT2D eigenvalue weighted by atomic mass is 10.1. The second kappa shape index (κ2) is 10.7. The fourth-order valence-corrected chi connectivity index (χ4v) is 4.55. The van der Waals surface area contributed by atoms with Gasteiger partial charge in [-0.25, -0.2) is 0 Å². The van der Waals surface area contributed by atoms with E-state index in [1.54, 1.807) is 18.7 Å². The minimum absolute atomic E-state index is 0.0427. The van der Waals surface area contributed by atoms with Crippen molar-refractivity contribution in [2.24, 2.45) is 0 Å². The average Bonchev–Trinajstić information content (AvgIpc) is 3.22. The Morgan fingerprint density at radius 1 is 1.12 bits per heavy atom. The molecule has 7 nitrogen and oxygen atoms in total. The first-order chi connectivity index (χ1) is 15.7. The summed E-state index contributed by atoms with van der Waals surface area (Å²) in [6.07, 6.45) is 0. The predicted octanol–water partition coefficient (Wildman–Crippen LogP) is 4.06. The van der Waals surface area contributed by atoms with Crippen LogP contribution in [0.2, 0.25) is 0 Å². The highest BCUT2D eigenvalue weighted by Crippen LogP contribution is 2.31. The number of Topliss-reactive ketones (excluding diaryl/α,β-unsaturated/α-hetero) is 1. The monoisotopic (exact) mass is 452 g/mol. The molecule has 4 rings (SSSR count). The Hall–Kier alpha value is -2.84. The van der Waals surface area contributed by atoms with Crippen molar-refractivity contribution in [3.8, 4) is 5.75 Å². The first-order valence-electron chi connectivity index (χ1n) is 10.8. The Labute approximate surface area is 192 Å². The minimum atomic E-state index is 0.0427. The van der Waals surface area contributed by atoms with E-state index >= 15 is 0 Å². The van der Waals surface area contributed by atoms with Crippen molar-refractivity contribution in [2.45, 2.75) is 31.3 Å². The van der Waals surface area contributed by atoms with E-state index < -0.39 is 0 Å². The first kappa shape index (κ1) is 22.4. The number of nitrogens with zero attached hydrogens (tertiary/aromatic N) is 4. The van der Waals surface area contributed by atoms with Crippen LogP contribution in [0.3, 0.4) is 0 Å². The molecule has 0 amide bonds. The maximum Gasteiger partial charge on any atom is 0.228 e. The van der Waals surface area contributed by atoms with Crippen molar-refractivity contribution >= 4 is 23.5 Å². The topological polar surface area (TPSA) is 69.5 Å². The Morgan fingerprint density at radius 2 is 1.91 bits per heavy atom. The first-order valence-corrected chi connectivity index (χ1v) is 11.8. The number of anilines is 1. The van der Waals surface area contributed by atoms with E-state index in [1.165, 1.54) is 5.56 Å². The SMILES string of the molecule is CCOc1ccc(C(C)=O)cc1CSc1nnc(N2CCOCC2)n1Cc1ccccc1. The zero-order chi connectivity index (χ0) is 22.3. The van der Waals surface area contributed by atoms with Crippen LogP contribution in [-0.4, -0.2) is 53.5 Å². The summed E-state index contributed by atoms with van der Waals surface area (Å²) in [7, 11) is 0. The van der Waals surface area contributed by atoms with Gasteiger partial charge in [0.15, 0.2) is 10.9 Å². The molecule has 0 radical (unpaired) electrons. The van der Waals surface area contributed by atoms with Crippen LogP contribution in [0.25, 0.3) is 0 Å². The molecule has 0 bridgehead atoms. The van der Waals surface area contributed by atoms with E-state index in [1.807, 2.05) is 43.3 Å². The van der Waals surface area contributed by atoms with Gasteiger partial charge in [0.25, 0.3) is 0 Å². The zero-order valence-electron chi connectivity index (χ0n) is 18.5. The fourth-order valence-electron chi connectivity index (χ4n) is 3.64. The van der Waals surface area contributed by atoms with Gasteiger partial charge in [-0.2, -0.15) is 0 Å². The lowest BCUT2D eigenvalue weighted by molar-refractivity contribution is 0.101. The van der Waals surface area contributed by atoms with E-state index in [4.69, 9.17) is 9.47 Å². The van der Waals surface area contributed by atoms with Crippen LogP contribution < -0.4 is 9.64 Å². The quantitative estimate of drug-likeness (QED) is 0.358. The van der Waals surface area contributed by atoms with Crippen LogP contribution >= 0.6 is 11.8 Å². The normalized spacial score (nSPS) is 13.9. The fraction of sp³-hybridized carbons (Fsp3) is 0.375. The largest absolute Gasteiger partial charge is 0.494 e. The van der Waals surface area contributed by atoms with E-state index in [9.17, 15) is 4.79 Å². The van der Waals surface area contributed by atoms with Gasteiger partial charge in [0, 0.05) is 30.0 Å². The summed E-state index contributed by atoms with van der Waals surface area (Å²) in [5.74, 6) is 2.34.